The second kappa shape index (κ2) is 6.80. The molecule has 6 heteroatoms. The van der Waals surface area contributed by atoms with Crippen molar-refractivity contribution in [1.82, 2.24) is 14.8 Å². The van der Waals surface area contributed by atoms with Crippen LogP contribution in [-0.4, -0.2) is 20.7 Å². The number of nitrogens with two attached hydrogens (primary N) is 1. The number of carbonyl (C=O) groups is 1. The third-order valence-corrected chi connectivity index (χ3v) is 3.82. The van der Waals surface area contributed by atoms with Gasteiger partial charge in [0, 0.05) is 29.9 Å². The molecular formula is C18H21N5O. The van der Waals surface area contributed by atoms with Gasteiger partial charge in [-0.05, 0) is 49.7 Å². The van der Waals surface area contributed by atoms with Gasteiger partial charge in [0.1, 0.15) is 0 Å². The Morgan fingerprint density at radius 3 is 2.88 bits per heavy atom. The number of pyridine rings is 1. The van der Waals surface area contributed by atoms with Gasteiger partial charge in [-0.25, -0.2) is 0 Å². The van der Waals surface area contributed by atoms with Gasteiger partial charge in [-0.2, -0.15) is 5.10 Å². The summed E-state index contributed by atoms with van der Waals surface area (Å²) in [5.41, 5.74) is 9.09. The zero-order valence-electron chi connectivity index (χ0n) is 13.9. The Morgan fingerprint density at radius 2 is 2.12 bits per heavy atom. The van der Waals surface area contributed by atoms with Gasteiger partial charge in [-0.3, -0.25) is 14.5 Å². The summed E-state index contributed by atoms with van der Waals surface area (Å²) in [4.78, 5) is 16.4. The smallest absolute Gasteiger partial charge is 0.228 e. The highest BCUT2D eigenvalue weighted by Crippen LogP contribution is 2.21. The third kappa shape index (κ3) is 3.44. The number of fused-ring (bicyclic) bond motifs is 1. The SMILES string of the molecule is CC(C)n1ncc2cc(NC(=O)Cc3ccnc(CN)c3)ccc21. The Balaban J connectivity index is 1.73. The molecule has 0 radical (unpaired) electrons. The maximum absolute atomic E-state index is 12.2. The van der Waals surface area contributed by atoms with Crippen LogP contribution in [0, 0.1) is 0 Å². The molecule has 3 rings (SSSR count). The van der Waals surface area contributed by atoms with Gasteiger partial charge in [0.25, 0.3) is 0 Å². The molecule has 2 heterocycles. The van der Waals surface area contributed by atoms with E-state index in [1.54, 1.807) is 6.20 Å². The van der Waals surface area contributed by atoms with E-state index in [1.165, 1.54) is 0 Å². The van der Waals surface area contributed by atoms with E-state index in [9.17, 15) is 4.79 Å². The van der Waals surface area contributed by atoms with Crippen LogP contribution in [-0.2, 0) is 17.8 Å². The maximum Gasteiger partial charge on any atom is 0.228 e. The highest BCUT2D eigenvalue weighted by molar-refractivity contribution is 5.94. The van der Waals surface area contributed by atoms with Crippen LogP contribution in [0.2, 0.25) is 0 Å². The van der Waals surface area contributed by atoms with Crippen LogP contribution in [0.3, 0.4) is 0 Å². The molecule has 124 valence electrons. The summed E-state index contributed by atoms with van der Waals surface area (Å²) in [6.07, 6.45) is 3.79. The molecule has 1 aromatic carbocycles. The number of nitrogens with one attached hydrogen (secondary N) is 1. The molecule has 2 aromatic heterocycles. The molecule has 0 fully saturated rings. The molecule has 0 unspecified atom stereocenters. The summed E-state index contributed by atoms with van der Waals surface area (Å²) < 4.78 is 1.96. The topological polar surface area (TPSA) is 85.8 Å². The molecule has 0 bridgehead atoms. The molecule has 0 aliphatic heterocycles. The number of benzene rings is 1. The fourth-order valence-electron chi connectivity index (χ4n) is 2.68. The van der Waals surface area contributed by atoms with Crippen molar-refractivity contribution in [3.63, 3.8) is 0 Å². The van der Waals surface area contributed by atoms with Crippen LogP contribution in [0.1, 0.15) is 31.1 Å². The first-order valence-corrected chi connectivity index (χ1v) is 7.98. The number of hydrogen-bond donors (Lipinski definition) is 2. The van der Waals surface area contributed by atoms with Crippen molar-refractivity contribution in [3.8, 4) is 0 Å². The summed E-state index contributed by atoms with van der Waals surface area (Å²) in [7, 11) is 0. The van der Waals surface area contributed by atoms with E-state index in [0.29, 0.717) is 19.0 Å². The molecule has 0 atom stereocenters. The lowest BCUT2D eigenvalue weighted by atomic mass is 10.1. The van der Waals surface area contributed by atoms with E-state index >= 15 is 0 Å². The lowest BCUT2D eigenvalue weighted by Crippen LogP contribution is -2.14. The van der Waals surface area contributed by atoms with Gasteiger partial charge < -0.3 is 11.1 Å². The summed E-state index contributed by atoms with van der Waals surface area (Å²) in [6.45, 7) is 4.55. The lowest BCUT2D eigenvalue weighted by Gasteiger charge is -2.09. The van der Waals surface area contributed by atoms with E-state index < -0.39 is 0 Å². The minimum Gasteiger partial charge on any atom is -0.326 e. The first-order valence-electron chi connectivity index (χ1n) is 7.98. The van der Waals surface area contributed by atoms with Crippen molar-refractivity contribution in [1.29, 1.82) is 0 Å². The van der Waals surface area contributed by atoms with Gasteiger partial charge in [0.2, 0.25) is 5.91 Å². The van der Waals surface area contributed by atoms with Crippen LogP contribution in [0.15, 0.2) is 42.7 Å². The van der Waals surface area contributed by atoms with Crippen LogP contribution >= 0.6 is 0 Å². The van der Waals surface area contributed by atoms with Crippen molar-refractivity contribution in [2.24, 2.45) is 5.73 Å². The normalized spacial score (nSPS) is 11.2. The molecule has 3 aromatic rings. The summed E-state index contributed by atoms with van der Waals surface area (Å²) in [6, 6.07) is 9.81. The predicted octanol–water partition coefficient (Wildman–Crippen LogP) is 2.65. The number of nitrogens with zero attached hydrogens (tertiary/aromatic N) is 3. The molecule has 0 aliphatic carbocycles. The molecule has 0 saturated heterocycles. The lowest BCUT2D eigenvalue weighted by molar-refractivity contribution is -0.115. The monoisotopic (exact) mass is 323 g/mol. The molecule has 0 aliphatic rings. The summed E-state index contributed by atoms with van der Waals surface area (Å²) in [5, 5.41) is 8.33. The molecule has 24 heavy (non-hydrogen) atoms. The summed E-state index contributed by atoms with van der Waals surface area (Å²) >= 11 is 0. The molecule has 3 N–H and O–H groups in total. The average Bonchev–Trinajstić information content (AvgIpc) is 2.98. The molecule has 6 nitrogen and oxygen atoms in total. The third-order valence-electron chi connectivity index (χ3n) is 3.82. The van der Waals surface area contributed by atoms with Gasteiger partial charge in [-0.15, -0.1) is 0 Å². The van der Waals surface area contributed by atoms with E-state index in [1.807, 2.05) is 41.2 Å². The molecule has 1 amide bonds. The fourth-order valence-corrected chi connectivity index (χ4v) is 2.68. The van der Waals surface area contributed by atoms with Crippen molar-refractivity contribution >= 4 is 22.5 Å². The van der Waals surface area contributed by atoms with Gasteiger partial charge in [-0.1, -0.05) is 0 Å². The largest absolute Gasteiger partial charge is 0.326 e. The van der Waals surface area contributed by atoms with Crippen molar-refractivity contribution in [2.75, 3.05) is 5.32 Å². The number of hydrogen-bond acceptors (Lipinski definition) is 4. The van der Waals surface area contributed by atoms with Gasteiger partial charge in [0.05, 0.1) is 23.8 Å². The zero-order chi connectivity index (χ0) is 17.1. The second-order valence-corrected chi connectivity index (χ2v) is 6.04. The number of amides is 1. The number of anilines is 1. The number of aromatic nitrogens is 3. The highest BCUT2D eigenvalue weighted by Gasteiger charge is 2.09. The Labute approximate surface area is 140 Å². The van der Waals surface area contributed by atoms with E-state index in [4.69, 9.17) is 5.73 Å². The highest BCUT2D eigenvalue weighted by atomic mass is 16.1. The van der Waals surface area contributed by atoms with Crippen molar-refractivity contribution in [2.45, 2.75) is 32.9 Å². The van der Waals surface area contributed by atoms with Gasteiger partial charge in [0.15, 0.2) is 0 Å². The minimum absolute atomic E-state index is 0.0697. The number of rotatable bonds is 5. The van der Waals surface area contributed by atoms with Crippen molar-refractivity contribution in [3.05, 3.63) is 54.0 Å². The van der Waals surface area contributed by atoms with Crippen LogP contribution in [0.25, 0.3) is 10.9 Å². The van der Waals surface area contributed by atoms with Crippen LogP contribution in [0.5, 0.6) is 0 Å². The Kier molecular flexibility index (Phi) is 4.57. The maximum atomic E-state index is 12.2. The van der Waals surface area contributed by atoms with E-state index in [2.05, 4.69) is 29.2 Å². The summed E-state index contributed by atoms with van der Waals surface area (Å²) in [5.74, 6) is -0.0697. The Hall–Kier alpha value is -2.73. The molecular weight excluding hydrogens is 302 g/mol. The second-order valence-electron chi connectivity index (χ2n) is 6.04. The van der Waals surface area contributed by atoms with Crippen LogP contribution in [0.4, 0.5) is 5.69 Å². The van der Waals surface area contributed by atoms with E-state index in [0.717, 1.165) is 27.8 Å². The zero-order valence-corrected chi connectivity index (χ0v) is 13.9. The minimum atomic E-state index is -0.0697. The fraction of sp³-hybridized carbons (Fsp3) is 0.278. The quantitative estimate of drug-likeness (QED) is 0.756. The van der Waals surface area contributed by atoms with Gasteiger partial charge >= 0.3 is 0 Å². The van der Waals surface area contributed by atoms with E-state index in [-0.39, 0.29) is 5.91 Å². The number of carbonyl (C=O) groups excluding carboxylic acids is 1. The Bertz CT molecular complexity index is 869. The van der Waals surface area contributed by atoms with Crippen LogP contribution < -0.4 is 11.1 Å². The standard InChI is InChI=1S/C18H21N5O/c1-12(2)23-17-4-3-15(9-14(17)11-21-23)22-18(24)8-13-5-6-20-16(7-13)10-19/h3-7,9,11-12H,8,10,19H2,1-2H3,(H,22,24). The predicted molar refractivity (Wildman–Crippen MR) is 94.6 cm³/mol. The first kappa shape index (κ1) is 16.1. The van der Waals surface area contributed by atoms with Crippen molar-refractivity contribution < 1.29 is 4.79 Å². The molecule has 0 spiro atoms. The Morgan fingerprint density at radius 1 is 1.29 bits per heavy atom. The first-order chi connectivity index (χ1) is 11.6. The average molecular weight is 323 g/mol. The molecule has 0 saturated carbocycles.